The van der Waals surface area contributed by atoms with Crippen LogP contribution in [0.25, 0.3) is 0 Å². The van der Waals surface area contributed by atoms with Gasteiger partial charge in [0, 0.05) is 19.1 Å². The van der Waals surface area contributed by atoms with E-state index >= 15 is 0 Å². The summed E-state index contributed by atoms with van der Waals surface area (Å²) in [5, 5.41) is 7.57. The molecule has 3 nitrogen and oxygen atoms in total. The number of rotatable bonds is 4. The van der Waals surface area contributed by atoms with E-state index in [9.17, 15) is 4.79 Å². The molecule has 0 spiro atoms. The highest BCUT2D eigenvalue weighted by atomic mass is 32.1. The first-order chi connectivity index (χ1) is 8.18. The molecule has 0 saturated carbocycles. The third-order valence-corrected chi connectivity index (χ3v) is 4.03. The summed E-state index contributed by atoms with van der Waals surface area (Å²) >= 11 is 1.69. The van der Waals surface area contributed by atoms with Gasteiger partial charge in [-0.3, -0.25) is 10.1 Å². The van der Waals surface area contributed by atoms with E-state index in [2.05, 4.69) is 29.1 Å². The molecule has 1 aromatic rings. The Bertz CT molecular complexity index is 358. The lowest BCUT2D eigenvalue weighted by molar-refractivity contribution is -0.132. The number of nitrogens with zero attached hydrogens (tertiary/aromatic N) is 1. The molecule has 1 aliphatic rings. The van der Waals surface area contributed by atoms with Gasteiger partial charge < -0.3 is 4.90 Å². The van der Waals surface area contributed by atoms with Crippen LogP contribution in [0.4, 0.5) is 0 Å². The molecule has 94 valence electrons. The summed E-state index contributed by atoms with van der Waals surface area (Å²) < 4.78 is 0. The number of likely N-dealkylation sites (tertiary alicyclic amines) is 1. The minimum absolute atomic E-state index is 0.0944. The predicted octanol–water partition coefficient (Wildman–Crippen LogP) is 2.41. The zero-order valence-corrected chi connectivity index (χ0v) is 11.3. The lowest BCUT2D eigenvalue weighted by Crippen LogP contribution is -2.44. The molecular formula is C13H20N2OS. The smallest absolute Gasteiger partial charge is 0.239 e. The van der Waals surface area contributed by atoms with Gasteiger partial charge in [-0.1, -0.05) is 0 Å². The van der Waals surface area contributed by atoms with Crippen molar-refractivity contribution in [1.82, 2.24) is 10.2 Å². The molecule has 2 rings (SSSR count). The van der Waals surface area contributed by atoms with Crippen LogP contribution in [-0.2, 0) is 4.79 Å². The summed E-state index contributed by atoms with van der Waals surface area (Å²) in [6, 6.07) is 2.25. The molecule has 1 aliphatic heterocycles. The predicted molar refractivity (Wildman–Crippen MR) is 71.1 cm³/mol. The second kappa shape index (κ2) is 5.65. The number of carbonyl (C=O) groups excluding carboxylic acids is 1. The second-order valence-corrected chi connectivity index (χ2v) is 5.48. The van der Waals surface area contributed by atoms with Crippen LogP contribution >= 0.6 is 11.3 Å². The van der Waals surface area contributed by atoms with E-state index in [1.807, 2.05) is 11.8 Å². The highest BCUT2D eigenvalue weighted by molar-refractivity contribution is 7.07. The molecule has 1 N–H and O–H groups in total. The Labute approximate surface area is 107 Å². The third kappa shape index (κ3) is 3.07. The van der Waals surface area contributed by atoms with E-state index in [0.717, 1.165) is 25.9 Å². The van der Waals surface area contributed by atoms with Crippen molar-refractivity contribution in [3.8, 4) is 0 Å². The number of hydrogen-bond acceptors (Lipinski definition) is 3. The van der Waals surface area contributed by atoms with Crippen LogP contribution in [0.3, 0.4) is 0 Å². The van der Waals surface area contributed by atoms with E-state index in [0.29, 0.717) is 0 Å². The highest BCUT2D eigenvalue weighted by Gasteiger charge is 2.24. The Hall–Kier alpha value is -0.870. The summed E-state index contributed by atoms with van der Waals surface area (Å²) in [5.74, 6) is 0.240. The molecule has 4 heteroatoms. The molecule has 1 fully saturated rings. The standard InChI is InChI=1S/C13H20N2OS/c1-10(12-5-8-17-9-12)14-11(2)13(16)15-6-3-4-7-15/h5,8-11,14H,3-4,6-7H2,1-2H3. The molecule has 0 aliphatic carbocycles. The first kappa shape index (κ1) is 12.6. The average Bonchev–Trinajstić information content (AvgIpc) is 3.00. The Balaban J connectivity index is 1.87. The minimum Gasteiger partial charge on any atom is -0.341 e. The third-order valence-electron chi connectivity index (χ3n) is 3.33. The summed E-state index contributed by atoms with van der Waals surface area (Å²) in [6.45, 7) is 5.93. The normalized spacial score (nSPS) is 19.3. The van der Waals surface area contributed by atoms with Gasteiger partial charge in [-0.15, -0.1) is 0 Å². The summed E-state index contributed by atoms with van der Waals surface area (Å²) in [4.78, 5) is 14.1. The van der Waals surface area contributed by atoms with Crippen molar-refractivity contribution in [1.29, 1.82) is 0 Å². The van der Waals surface area contributed by atoms with Crippen LogP contribution in [0.15, 0.2) is 16.8 Å². The van der Waals surface area contributed by atoms with E-state index in [4.69, 9.17) is 0 Å². The average molecular weight is 252 g/mol. The van der Waals surface area contributed by atoms with Crippen molar-refractivity contribution in [3.63, 3.8) is 0 Å². The van der Waals surface area contributed by atoms with Gasteiger partial charge in [0.25, 0.3) is 0 Å². The van der Waals surface area contributed by atoms with E-state index < -0.39 is 0 Å². The Morgan fingerprint density at radius 3 is 2.71 bits per heavy atom. The lowest BCUT2D eigenvalue weighted by Gasteiger charge is -2.24. The van der Waals surface area contributed by atoms with Crippen LogP contribution in [0.1, 0.15) is 38.3 Å². The van der Waals surface area contributed by atoms with Crippen molar-refractivity contribution in [3.05, 3.63) is 22.4 Å². The number of nitrogens with one attached hydrogen (secondary N) is 1. The van der Waals surface area contributed by atoms with Gasteiger partial charge in [0.1, 0.15) is 0 Å². The minimum atomic E-state index is -0.0944. The largest absolute Gasteiger partial charge is 0.341 e. The number of carbonyl (C=O) groups is 1. The maximum absolute atomic E-state index is 12.1. The van der Waals surface area contributed by atoms with Crippen LogP contribution in [0.5, 0.6) is 0 Å². The van der Waals surface area contributed by atoms with Crippen LogP contribution < -0.4 is 5.32 Å². The summed E-state index contributed by atoms with van der Waals surface area (Å²) in [7, 11) is 0. The monoisotopic (exact) mass is 252 g/mol. The Morgan fingerprint density at radius 2 is 2.12 bits per heavy atom. The van der Waals surface area contributed by atoms with Gasteiger partial charge in [0.05, 0.1) is 6.04 Å². The van der Waals surface area contributed by atoms with Crippen molar-refractivity contribution >= 4 is 17.2 Å². The molecule has 1 amide bonds. The molecule has 2 atom stereocenters. The Morgan fingerprint density at radius 1 is 1.41 bits per heavy atom. The second-order valence-electron chi connectivity index (χ2n) is 4.70. The first-order valence-corrected chi connectivity index (χ1v) is 7.19. The number of hydrogen-bond donors (Lipinski definition) is 1. The molecule has 2 heterocycles. The summed E-state index contributed by atoms with van der Waals surface area (Å²) in [6.07, 6.45) is 2.30. The first-order valence-electron chi connectivity index (χ1n) is 6.25. The van der Waals surface area contributed by atoms with Crippen molar-refractivity contribution in [2.75, 3.05) is 13.1 Å². The molecule has 0 aromatic carbocycles. The fraction of sp³-hybridized carbons (Fsp3) is 0.615. The zero-order valence-electron chi connectivity index (χ0n) is 10.5. The van der Waals surface area contributed by atoms with Crippen LogP contribution in [0.2, 0.25) is 0 Å². The molecule has 1 aromatic heterocycles. The zero-order chi connectivity index (χ0) is 12.3. The fourth-order valence-electron chi connectivity index (χ4n) is 2.28. The summed E-state index contributed by atoms with van der Waals surface area (Å²) in [5.41, 5.74) is 1.26. The van der Waals surface area contributed by atoms with E-state index in [1.54, 1.807) is 11.3 Å². The topological polar surface area (TPSA) is 32.3 Å². The highest BCUT2D eigenvalue weighted by Crippen LogP contribution is 2.17. The fourth-order valence-corrected chi connectivity index (χ4v) is 3.03. The van der Waals surface area contributed by atoms with Crippen molar-refractivity contribution in [2.45, 2.75) is 38.8 Å². The lowest BCUT2D eigenvalue weighted by atomic mass is 10.1. The van der Waals surface area contributed by atoms with Gasteiger partial charge in [-0.25, -0.2) is 0 Å². The maximum atomic E-state index is 12.1. The van der Waals surface area contributed by atoms with Crippen LogP contribution in [0, 0.1) is 0 Å². The van der Waals surface area contributed by atoms with Gasteiger partial charge in [0.15, 0.2) is 0 Å². The van der Waals surface area contributed by atoms with Crippen LogP contribution in [-0.4, -0.2) is 29.9 Å². The molecule has 1 saturated heterocycles. The van der Waals surface area contributed by atoms with Gasteiger partial charge in [-0.05, 0) is 49.1 Å². The Kier molecular flexibility index (Phi) is 4.18. The molecule has 2 unspecified atom stereocenters. The SMILES string of the molecule is CC(NC(C)c1ccsc1)C(=O)N1CCCC1. The van der Waals surface area contributed by atoms with Crippen molar-refractivity contribution < 1.29 is 4.79 Å². The van der Waals surface area contributed by atoms with Gasteiger partial charge in [0.2, 0.25) is 5.91 Å². The molecular weight excluding hydrogens is 232 g/mol. The molecule has 17 heavy (non-hydrogen) atoms. The molecule has 0 radical (unpaired) electrons. The number of thiophene rings is 1. The van der Waals surface area contributed by atoms with Gasteiger partial charge in [-0.2, -0.15) is 11.3 Å². The van der Waals surface area contributed by atoms with Crippen molar-refractivity contribution in [2.24, 2.45) is 0 Å². The van der Waals surface area contributed by atoms with Gasteiger partial charge >= 0.3 is 0 Å². The quantitative estimate of drug-likeness (QED) is 0.892. The maximum Gasteiger partial charge on any atom is 0.239 e. The van der Waals surface area contributed by atoms with E-state index in [1.165, 1.54) is 5.56 Å². The number of amides is 1. The van der Waals surface area contributed by atoms with E-state index in [-0.39, 0.29) is 18.0 Å². The molecule has 0 bridgehead atoms.